The first kappa shape index (κ1) is 21.4. The van der Waals surface area contributed by atoms with E-state index in [4.69, 9.17) is 0 Å². The fourth-order valence-electron chi connectivity index (χ4n) is 4.89. The van der Waals surface area contributed by atoms with Crippen LogP contribution >= 0.6 is 0 Å². The summed E-state index contributed by atoms with van der Waals surface area (Å²) < 4.78 is 30.1. The highest BCUT2D eigenvalue weighted by molar-refractivity contribution is 6.00. The Morgan fingerprint density at radius 2 is 2.00 bits per heavy atom. The largest absolute Gasteiger partial charge is 0.379 e. The zero-order chi connectivity index (χ0) is 23.3. The number of aryl methyl sites for hydroxylation is 1. The zero-order valence-corrected chi connectivity index (χ0v) is 18.9. The maximum atomic E-state index is 14.2. The molecule has 33 heavy (non-hydrogen) atoms. The summed E-state index contributed by atoms with van der Waals surface area (Å²) in [5.74, 6) is 0.187. The van der Waals surface area contributed by atoms with Gasteiger partial charge in [-0.15, -0.1) is 0 Å². The van der Waals surface area contributed by atoms with Gasteiger partial charge in [0.15, 0.2) is 0 Å². The third-order valence-corrected chi connectivity index (χ3v) is 6.55. The van der Waals surface area contributed by atoms with Gasteiger partial charge in [0.1, 0.15) is 0 Å². The summed E-state index contributed by atoms with van der Waals surface area (Å²) in [6.07, 6.45) is 2.04. The van der Waals surface area contributed by atoms with Crippen LogP contribution in [0, 0.1) is 0 Å². The minimum atomic E-state index is -2.62. The Morgan fingerprint density at radius 3 is 2.73 bits per heavy atom. The zero-order valence-electron chi connectivity index (χ0n) is 18.9. The summed E-state index contributed by atoms with van der Waals surface area (Å²) in [6.45, 7) is 4.80. The van der Waals surface area contributed by atoms with Crippen LogP contribution < -0.4 is 15.5 Å². The van der Waals surface area contributed by atoms with E-state index in [1.165, 1.54) is 0 Å². The number of hydrogen-bond acceptors (Lipinski definition) is 4. The van der Waals surface area contributed by atoms with Gasteiger partial charge < -0.3 is 15.5 Å². The van der Waals surface area contributed by atoms with Crippen molar-refractivity contribution in [1.82, 2.24) is 9.78 Å². The molecule has 2 aliphatic rings. The molecule has 2 aliphatic heterocycles. The lowest BCUT2D eigenvalue weighted by atomic mass is 9.86. The molecule has 0 aliphatic carbocycles. The van der Waals surface area contributed by atoms with Crippen LogP contribution in [0.5, 0.6) is 0 Å². The molecule has 2 atom stereocenters. The van der Waals surface area contributed by atoms with Crippen molar-refractivity contribution in [3.8, 4) is 11.1 Å². The predicted molar refractivity (Wildman–Crippen MR) is 126 cm³/mol. The molecule has 5 rings (SSSR count). The second kappa shape index (κ2) is 8.17. The number of alkyl halides is 2. The van der Waals surface area contributed by atoms with Crippen LogP contribution in [0.15, 0.2) is 42.7 Å². The number of hydrogen-bond donors (Lipinski definition) is 2. The smallest absolute Gasteiger partial charge is 0.264 e. The van der Waals surface area contributed by atoms with E-state index in [2.05, 4.69) is 27.6 Å². The van der Waals surface area contributed by atoms with E-state index in [1.807, 2.05) is 31.2 Å². The van der Waals surface area contributed by atoms with Gasteiger partial charge in [-0.25, -0.2) is 8.78 Å². The third-order valence-electron chi connectivity index (χ3n) is 6.55. The first-order valence-corrected chi connectivity index (χ1v) is 11.2. The van der Waals surface area contributed by atoms with Crippen LogP contribution in [0.3, 0.4) is 0 Å². The topological polar surface area (TPSA) is 62.2 Å². The fraction of sp³-hybridized carbons (Fsp3) is 0.360. The van der Waals surface area contributed by atoms with Crippen LogP contribution in [-0.4, -0.2) is 28.3 Å². The molecule has 8 heteroatoms. The number of fused-ring (bicyclic) bond motifs is 2. The van der Waals surface area contributed by atoms with E-state index in [-0.39, 0.29) is 23.4 Å². The maximum absolute atomic E-state index is 14.2. The summed E-state index contributed by atoms with van der Waals surface area (Å²) in [5, 5.41) is 10.6. The molecule has 3 heterocycles. The van der Waals surface area contributed by atoms with E-state index in [0.717, 1.165) is 29.0 Å². The van der Waals surface area contributed by atoms with Crippen LogP contribution in [0.4, 0.5) is 31.5 Å². The quantitative estimate of drug-likeness (QED) is 0.527. The second-order valence-electron chi connectivity index (χ2n) is 9.04. The number of aromatic nitrogens is 2. The van der Waals surface area contributed by atoms with Crippen LogP contribution in [0.25, 0.3) is 11.1 Å². The Balaban J connectivity index is 1.67. The molecule has 1 aromatic heterocycles. The van der Waals surface area contributed by atoms with E-state index in [9.17, 15) is 13.6 Å². The lowest BCUT2D eigenvalue weighted by Gasteiger charge is -2.37. The molecule has 2 aromatic carbocycles. The summed E-state index contributed by atoms with van der Waals surface area (Å²) in [5.41, 5.74) is 5.45. The molecule has 6 nitrogen and oxygen atoms in total. The Kier molecular flexibility index (Phi) is 5.31. The maximum Gasteiger partial charge on any atom is 0.264 e. The summed E-state index contributed by atoms with van der Waals surface area (Å²) in [6, 6.07) is 9.24. The van der Waals surface area contributed by atoms with Gasteiger partial charge in [0.2, 0.25) is 5.91 Å². The van der Waals surface area contributed by atoms with Crippen molar-refractivity contribution < 1.29 is 13.6 Å². The SMILES string of the molecule is CC1CCN(c2cccc3c2N[C@H](C)CC(=O)N3)c2cc(C(F)F)c(-c3cnn(C)c3)cc21. The van der Waals surface area contributed by atoms with Crippen molar-refractivity contribution >= 4 is 28.7 Å². The third kappa shape index (κ3) is 3.83. The van der Waals surface area contributed by atoms with E-state index in [1.54, 1.807) is 30.2 Å². The number of amides is 1. The van der Waals surface area contributed by atoms with Crippen LogP contribution in [-0.2, 0) is 11.8 Å². The Labute approximate surface area is 191 Å². The first-order valence-electron chi connectivity index (χ1n) is 11.2. The molecule has 3 aromatic rings. The second-order valence-corrected chi connectivity index (χ2v) is 9.04. The normalized spacial score (nSPS) is 20.1. The number of halogens is 2. The van der Waals surface area contributed by atoms with E-state index < -0.39 is 6.43 Å². The standard InChI is InChI=1S/C25H27F2N5O/c1-14-7-8-32(21-6-4-5-20-24(21)29-15(2)9-23(33)30-20)22-11-19(25(26)27)18(10-17(14)22)16-12-28-31(3)13-16/h4-6,10-15,25,29H,7-9H2,1-3H3,(H,30,33)/t14?,15-/m1/s1. The Bertz CT molecular complexity index is 1220. The van der Waals surface area contributed by atoms with Crippen LogP contribution in [0.1, 0.15) is 50.2 Å². The lowest BCUT2D eigenvalue weighted by molar-refractivity contribution is -0.116. The van der Waals surface area contributed by atoms with Crippen molar-refractivity contribution in [3.63, 3.8) is 0 Å². The first-order chi connectivity index (χ1) is 15.8. The summed E-state index contributed by atoms with van der Waals surface area (Å²) >= 11 is 0. The van der Waals surface area contributed by atoms with Gasteiger partial charge in [0, 0.05) is 49.1 Å². The average molecular weight is 452 g/mol. The number of nitrogens with zero attached hydrogens (tertiary/aromatic N) is 3. The number of benzene rings is 2. The molecular formula is C25H27F2N5O. The average Bonchev–Trinajstić information content (AvgIpc) is 3.14. The molecule has 1 amide bonds. The van der Waals surface area contributed by atoms with Gasteiger partial charge in [-0.1, -0.05) is 13.0 Å². The minimum absolute atomic E-state index is 0.00231. The van der Waals surface area contributed by atoms with Gasteiger partial charge in [-0.05, 0) is 54.7 Å². The number of anilines is 4. The monoisotopic (exact) mass is 451 g/mol. The van der Waals surface area contributed by atoms with Crippen LogP contribution in [0.2, 0.25) is 0 Å². The molecule has 0 spiro atoms. The van der Waals surface area contributed by atoms with Gasteiger partial charge in [-0.3, -0.25) is 9.48 Å². The number of carbonyl (C=O) groups is 1. The molecule has 2 N–H and O–H groups in total. The van der Waals surface area contributed by atoms with Crippen molar-refractivity contribution in [3.05, 3.63) is 53.9 Å². The van der Waals surface area contributed by atoms with Gasteiger partial charge in [-0.2, -0.15) is 5.10 Å². The lowest BCUT2D eigenvalue weighted by Crippen LogP contribution is -2.28. The minimum Gasteiger partial charge on any atom is -0.379 e. The Hall–Kier alpha value is -3.42. The molecule has 0 bridgehead atoms. The van der Waals surface area contributed by atoms with Crippen molar-refractivity contribution in [1.29, 1.82) is 0 Å². The highest BCUT2D eigenvalue weighted by Gasteiger charge is 2.30. The van der Waals surface area contributed by atoms with Crippen molar-refractivity contribution in [2.75, 3.05) is 22.1 Å². The predicted octanol–water partition coefficient (Wildman–Crippen LogP) is 5.81. The number of rotatable bonds is 3. The molecule has 0 radical (unpaired) electrons. The van der Waals surface area contributed by atoms with E-state index in [0.29, 0.717) is 29.8 Å². The fourth-order valence-corrected chi connectivity index (χ4v) is 4.89. The molecule has 0 saturated heterocycles. The van der Waals surface area contributed by atoms with Crippen molar-refractivity contribution in [2.24, 2.45) is 7.05 Å². The molecular weight excluding hydrogens is 424 g/mol. The van der Waals surface area contributed by atoms with Gasteiger partial charge in [0.25, 0.3) is 6.43 Å². The molecule has 0 fully saturated rings. The number of nitrogens with one attached hydrogen (secondary N) is 2. The molecule has 0 saturated carbocycles. The summed E-state index contributed by atoms with van der Waals surface area (Å²) in [4.78, 5) is 14.3. The number of para-hydroxylation sites is 1. The number of carbonyl (C=O) groups excluding carboxylic acids is 1. The van der Waals surface area contributed by atoms with E-state index >= 15 is 0 Å². The molecule has 172 valence electrons. The Morgan fingerprint density at radius 1 is 1.18 bits per heavy atom. The summed E-state index contributed by atoms with van der Waals surface area (Å²) in [7, 11) is 1.78. The highest BCUT2D eigenvalue weighted by Crippen LogP contribution is 2.47. The highest BCUT2D eigenvalue weighted by atomic mass is 19.3. The van der Waals surface area contributed by atoms with Gasteiger partial charge in [0.05, 0.1) is 23.3 Å². The van der Waals surface area contributed by atoms with Gasteiger partial charge >= 0.3 is 0 Å². The molecule has 1 unspecified atom stereocenters. The van der Waals surface area contributed by atoms with Crippen molar-refractivity contribution in [2.45, 2.75) is 45.1 Å².